The fourth-order valence-corrected chi connectivity index (χ4v) is 7.18. The molecule has 1 amide bonds. The number of benzene rings is 2. The van der Waals surface area contributed by atoms with Gasteiger partial charge in [0.05, 0.1) is 25.9 Å². The summed E-state index contributed by atoms with van der Waals surface area (Å²) in [5, 5.41) is 0. The summed E-state index contributed by atoms with van der Waals surface area (Å²) >= 11 is 4.01. The van der Waals surface area contributed by atoms with Crippen LogP contribution >= 0.6 is 23.5 Å². The van der Waals surface area contributed by atoms with Crippen molar-refractivity contribution in [2.75, 3.05) is 59.0 Å². The molecule has 2 aromatic carbocycles. The first-order valence-electron chi connectivity index (χ1n) is 11.3. The van der Waals surface area contributed by atoms with Gasteiger partial charge in [-0.25, -0.2) is 0 Å². The van der Waals surface area contributed by atoms with E-state index in [2.05, 4.69) is 17.0 Å². The Balaban J connectivity index is 1.35. The molecule has 2 aliphatic rings. The van der Waals surface area contributed by atoms with Gasteiger partial charge in [-0.2, -0.15) is 0 Å². The molecule has 2 fully saturated rings. The SMILES string of the molecule is COc1ccc(CN2CCN(C(=O)c3ccc(C4SCCCS4)cc3)CC2)c(OC)c1OC. The summed E-state index contributed by atoms with van der Waals surface area (Å²) in [6.45, 7) is 3.79. The lowest BCUT2D eigenvalue weighted by atomic mass is 10.1. The van der Waals surface area contributed by atoms with Crippen LogP contribution in [0.25, 0.3) is 0 Å². The Kier molecular flexibility index (Phi) is 8.33. The first-order chi connectivity index (χ1) is 16.1. The molecule has 2 heterocycles. The maximum Gasteiger partial charge on any atom is 0.253 e. The number of amides is 1. The third-order valence-electron chi connectivity index (χ3n) is 6.10. The zero-order valence-corrected chi connectivity index (χ0v) is 21.2. The van der Waals surface area contributed by atoms with Crippen molar-refractivity contribution in [2.45, 2.75) is 17.5 Å². The number of hydrogen-bond donors (Lipinski definition) is 0. The van der Waals surface area contributed by atoms with Gasteiger partial charge in [0.1, 0.15) is 0 Å². The Labute approximate surface area is 204 Å². The number of thioether (sulfide) groups is 2. The van der Waals surface area contributed by atoms with Crippen LogP contribution in [-0.2, 0) is 6.54 Å². The molecule has 2 saturated heterocycles. The summed E-state index contributed by atoms with van der Waals surface area (Å²) in [4.78, 5) is 17.4. The van der Waals surface area contributed by atoms with Crippen molar-refractivity contribution in [2.24, 2.45) is 0 Å². The normalized spacial score (nSPS) is 17.6. The molecule has 0 unspecified atom stereocenters. The number of piperazine rings is 1. The van der Waals surface area contributed by atoms with Crippen LogP contribution in [0.4, 0.5) is 0 Å². The van der Waals surface area contributed by atoms with E-state index in [1.54, 1.807) is 21.3 Å². The summed E-state index contributed by atoms with van der Waals surface area (Å²) < 4.78 is 17.0. The highest BCUT2D eigenvalue weighted by molar-refractivity contribution is 8.16. The van der Waals surface area contributed by atoms with Gasteiger partial charge in [0.25, 0.3) is 5.91 Å². The smallest absolute Gasteiger partial charge is 0.253 e. The van der Waals surface area contributed by atoms with Gasteiger partial charge < -0.3 is 19.1 Å². The highest BCUT2D eigenvalue weighted by Gasteiger charge is 2.25. The van der Waals surface area contributed by atoms with Gasteiger partial charge >= 0.3 is 0 Å². The van der Waals surface area contributed by atoms with Crippen LogP contribution in [0.2, 0.25) is 0 Å². The minimum Gasteiger partial charge on any atom is -0.493 e. The molecule has 6 nitrogen and oxygen atoms in total. The van der Waals surface area contributed by atoms with E-state index in [0.29, 0.717) is 34.9 Å². The first kappa shape index (κ1) is 24.1. The number of methoxy groups -OCH3 is 3. The van der Waals surface area contributed by atoms with Crippen molar-refractivity contribution in [1.82, 2.24) is 9.80 Å². The fourth-order valence-electron chi connectivity index (χ4n) is 4.28. The lowest BCUT2D eigenvalue weighted by Gasteiger charge is -2.35. The highest BCUT2D eigenvalue weighted by atomic mass is 32.2. The molecule has 178 valence electrons. The van der Waals surface area contributed by atoms with Gasteiger partial charge in [0.2, 0.25) is 5.75 Å². The van der Waals surface area contributed by atoms with Crippen LogP contribution in [0, 0.1) is 0 Å². The Morgan fingerprint density at radius 1 is 0.879 bits per heavy atom. The number of ether oxygens (including phenoxy) is 3. The van der Waals surface area contributed by atoms with Crippen molar-refractivity contribution in [1.29, 1.82) is 0 Å². The third-order valence-corrected chi connectivity index (χ3v) is 9.11. The molecule has 0 spiro atoms. The number of rotatable bonds is 7. The van der Waals surface area contributed by atoms with E-state index >= 15 is 0 Å². The molecule has 2 aromatic rings. The molecule has 0 bridgehead atoms. The van der Waals surface area contributed by atoms with E-state index in [1.165, 1.54) is 23.5 Å². The molecule has 0 aromatic heterocycles. The van der Waals surface area contributed by atoms with Gasteiger partial charge in [-0.15, -0.1) is 23.5 Å². The Morgan fingerprint density at radius 2 is 1.55 bits per heavy atom. The van der Waals surface area contributed by atoms with Gasteiger partial charge in [-0.3, -0.25) is 9.69 Å². The summed E-state index contributed by atoms with van der Waals surface area (Å²) in [5.41, 5.74) is 3.14. The van der Waals surface area contributed by atoms with Crippen LogP contribution < -0.4 is 14.2 Å². The molecule has 0 atom stereocenters. The van der Waals surface area contributed by atoms with E-state index in [0.717, 1.165) is 30.8 Å². The molecule has 0 N–H and O–H groups in total. The van der Waals surface area contributed by atoms with Crippen molar-refractivity contribution < 1.29 is 19.0 Å². The summed E-state index contributed by atoms with van der Waals surface area (Å²) in [7, 11) is 4.89. The van der Waals surface area contributed by atoms with Crippen molar-refractivity contribution in [3.8, 4) is 17.2 Å². The molecule has 0 saturated carbocycles. The molecule has 8 heteroatoms. The van der Waals surface area contributed by atoms with E-state index in [1.807, 2.05) is 52.7 Å². The maximum absolute atomic E-state index is 13.1. The Bertz CT molecular complexity index is 940. The van der Waals surface area contributed by atoms with Crippen molar-refractivity contribution in [3.63, 3.8) is 0 Å². The van der Waals surface area contributed by atoms with Crippen LogP contribution in [0.5, 0.6) is 17.2 Å². The van der Waals surface area contributed by atoms with Gasteiger partial charge in [-0.1, -0.05) is 18.2 Å². The van der Waals surface area contributed by atoms with Gasteiger partial charge in [0, 0.05) is 43.9 Å². The monoisotopic (exact) mass is 488 g/mol. The molecular formula is C25H32N2O4S2. The zero-order valence-electron chi connectivity index (χ0n) is 19.5. The Hall–Kier alpha value is -2.03. The molecule has 4 rings (SSSR count). The maximum atomic E-state index is 13.1. The number of hydrogen-bond acceptors (Lipinski definition) is 7. The van der Waals surface area contributed by atoms with Crippen LogP contribution in [-0.4, -0.2) is 74.7 Å². The lowest BCUT2D eigenvalue weighted by molar-refractivity contribution is 0.0627. The first-order valence-corrected chi connectivity index (χ1v) is 13.4. The van der Waals surface area contributed by atoms with E-state index < -0.39 is 0 Å². The predicted molar refractivity (Wildman–Crippen MR) is 136 cm³/mol. The predicted octanol–water partition coefficient (Wildman–Crippen LogP) is 4.54. The standard InChI is InChI=1S/C25H32N2O4S2/c1-29-21-10-9-20(22(30-2)23(21)31-3)17-26-11-13-27(14-12-26)24(28)18-5-7-19(8-6-18)25-32-15-4-16-33-25/h5-10,25H,4,11-17H2,1-3H3. The summed E-state index contributed by atoms with van der Waals surface area (Å²) in [6.07, 6.45) is 1.28. The largest absolute Gasteiger partial charge is 0.493 e. The van der Waals surface area contributed by atoms with E-state index in [9.17, 15) is 4.79 Å². The molecule has 0 radical (unpaired) electrons. The van der Waals surface area contributed by atoms with Crippen molar-refractivity contribution in [3.05, 3.63) is 53.1 Å². The zero-order chi connectivity index (χ0) is 23.2. The number of carbonyl (C=O) groups excluding carboxylic acids is 1. The summed E-state index contributed by atoms with van der Waals surface area (Å²) in [6, 6.07) is 12.2. The Morgan fingerprint density at radius 3 is 2.15 bits per heavy atom. The van der Waals surface area contributed by atoms with Gasteiger partial charge in [0.15, 0.2) is 11.5 Å². The molecule has 2 aliphatic heterocycles. The second kappa shape index (κ2) is 11.4. The van der Waals surface area contributed by atoms with Gasteiger partial charge in [-0.05, 0) is 41.7 Å². The molecular weight excluding hydrogens is 456 g/mol. The highest BCUT2D eigenvalue weighted by Crippen LogP contribution is 2.43. The second-order valence-corrected chi connectivity index (χ2v) is 10.8. The van der Waals surface area contributed by atoms with E-state index in [4.69, 9.17) is 14.2 Å². The minimum atomic E-state index is 0.119. The minimum absolute atomic E-state index is 0.119. The fraction of sp³-hybridized carbons (Fsp3) is 0.480. The van der Waals surface area contributed by atoms with Crippen LogP contribution in [0.3, 0.4) is 0 Å². The quantitative estimate of drug-likeness (QED) is 0.567. The molecule has 0 aliphatic carbocycles. The third kappa shape index (κ3) is 5.55. The topological polar surface area (TPSA) is 51.2 Å². The molecule has 33 heavy (non-hydrogen) atoms. The lowest BCUT2D eigenvalue weighted by Crippen LogP contribution is -2.48. The average Bonchev–Trinajstić information content (AvgIpc) is 2.89. The average molecular weight is 489 g/mol. The van der Waals surface area contributed by atoms with E-state index in [-0.39, 0.29) is 5.91 Å². The van der Waals surface area contributed by atoms with Crippen LogP contribution in [0.15, 0.2) is 36.4 Å². The number of nitrogens with zero attached hydrogens (tertiary/aromatic N) is 2. The van der Waals surface area contributed by atoms with Crippen molar-refractivity contribution >= 4 is 29.4 Å². The second-order valence-electron chi connectivity index (χ2n) is 8.11. The number of carbonyl (C=O) groups is 1. The van der Waals surface area contributed by atoms with Crippen LogP contribution in [0.1, 0.15) is 32.5 Å². The summed E-state index contributed by atoms with van der Waals surface area (Å²) in [5.74, 6) is 4.52.